The third-order valence-corrected chi connectivity index (χ3v) is 7.15. The molecule has 1 saturated carbocycles. The second-order valence-electron chi connectivity index (χ2n) is 8.02. The van der Waals surface area contributed by atoms with Crippen LogP contribution in [0.4, 0.5) is 0 Å². The lowest BCUT2D eigenvalue weighted by atomic mass is 9.78. The van der Waals surface area contributed by atoms with E-state index in [0.29, 0.717) is 23.5 Å². The molecule has 0 bridgehead atoms. The predicted molar refractivity (Wildman–Crippen MR) is 125 cm³/mol. The Labute approximate surface area is 183 Å². The molecule has 2 N–H and O–H groups in total. The summed E-state index contributed by atoms with van der Waals surface area (Å²) in [5.41, 5.74) is 1.20. The molecule has 1 aromatic heterocycles. The highest BCUT2D eigenvalue weighted by molar-refractivity contribution is 7.80. The van der Waals surface area contributed by atoms with Gasteiger partial charge in [-0.2, -0.15) is 0 Å². The molecule has 0 saturated heterocycles. The van der Waals surface area contributed by atoms with E-state index in [-0.39, 0.29) is 18.5 Å². The minimum absolute atomic E-state index is 0.0223. The quantitative estimate of drug-likeness (QED) is 0.633. The summed E-state index contributed by atoms with van der Waals surface area (Å²) in [7, 11) is 0. The molecule has 0 spiro atoms. The minimum Gasteiger partial charge on any atom is -0.353 e. The standard InChI is InChI=1S/C23H31N3OS2/c1-17-8-6-12-21(18(17)2)25-22(27)14-24-23(28)26(16-20-11-7-13-29-20)15-19-9-4-3-5-10-19/h3-5,7,9-11,13,17-18,21H,6,8,12,14-16H2,1-2H3,(H,24,28)(H,25,27)/t17-,18+,21+/m1/s1. The van der Waals surface area contributed by atoms with Crippen molar-refractivity contribution < 1.29 is 4.79 Å². The van der Waals surface area contributed by atoms with Crippen LogP contribution in [0.1, 0.15) is 43.6 Å². The zero-order chi connectivity index (χ0) is 20.6. The maximum Gasteiger partial charge on any atom is 0.239 e. The zero-order valence-electron chi connectivity index (χ0n) is 17.3. The highest BCUT2D eigenvalue weighted by Crippen LogP contribution is 2.29. The molecule has 1 amide bonds. The molecule has 3 rings (SSSR count). The molecule has 2 aromatic rings. The lowest BCUT2D eigenvalue weighted by Crippen LogP contribution is -2.49. The first kappa shape index (κ1) is 21.8. The summed E-state index contributed by atoms with van der Waals surface area (Å²) in [4.78, 5) is 15.9. The predicted octanol–water partition coefficient (Wildman–Crippen LogP) is 4.57. The Morgan fingerprint density at radius 1 is 1.14 bits per heavy atom. The minimum atomic E-state index is 0.0223. The highest BCUT2D eigenvalue weighted by Gasteiger charge is 2.28. The molecule has 1 heterocycles. The van der Waals surface area contributed by atoms with E-state index in [0.717, 1.165) is 13.0 Å². The Morgan fingerprint density at radius 3 is 2.66 bits per heavy atom. The van der Waals surface area contributed by atoms with Gasteiger partial charge in [0.2, 0.25) is 5.91 Å². The maximum atomic E-state index is 12.5. The average molecular weight is 430 g/mol. The number of rotatable bonds is 7. The molecule has 1 aromatic carbocycles. The number of nitrogens with one attached hydrogen (secondary N) is 2. The van der Waals surface area contributed by atoms with Gasteiger partial charge in [-0.3, -0.25) is 4.79 Å². The first-order valence-corrected chi connectivity index (χ1v) is 11.7. The van der Waals surface area contributed by atoms with Crippen molar-refractivity contribution >= 4 is 34.6 Å². The summed E-state index contributed by atoms with van der Waals surface area (Å²) in [6.45, 7) is 6.19. The first-order chi connectivity index (χ1) is 14.0. The summed E-state index contributed by atoms with van der Waals surface area (Å²) in [5, 5.41) is 9.08. The molecule has 4 nitrogen and oxygen atoms in total. The van der Waals surface area contributed by atoms with Crippen LogP contribution < -0.4 is 10.6 Å². The molecule has 0 unspecified atom stereocenters. The van der Waals surface area contributed by atoms with Crippen molar-refractivity contribution in [3.63, 3.8) is 0 Å². The van der Waals surface area contributed by atoms with Gasteiger partial charge in [0.15, 0.2) is 5.11 Å². The van der Waals surface area contributed by atoms with Crippen molar-refractivity contribution in [1.82, 2.24) is 15.5 Å². The fourth-order valence-corrected chi connectivity index (χ4v) is 4.83. The lowest BCUT2D eigenvalue weighted by molar-refractivity contribution is -0.121. The normalized spacial score (nSPS) is 21.4. The summed E-state index contributed by atoms with van der Waals surface area (Å²) in [6.07, 6.45) is 3.52. The SMILES string of the molecule is C[C@H]1[C@H](C)CCC[C@@H]1NC(=O)CNC(=S)N(Cc1ccccc1)Cc1cccs1. The van der Waals surface area contributed by atoms with Crippen LogP contribution in [-0.4, -0.2) is 28.5 Å². The number of carbonyl (C=O) groups is 1. The van der Waals surface area contributed by atoms with Crippen LogP contribution in [-0.2, 0) is 17.9 Å². The van der Waals surface area contributed by atoms with Crippen LogP contribution in [0.15, 0.2) is 47.8 Å². The third kappa shape index (κ3) is 6.54. The van der Waals surface area contributed by atoms with Crippen molar-refractivity contribution in [2.45, 2.75) is 52.2 Å². The van der Waals surface area contributed by atoms with Gasteiger partial charge in [-0.15, -0.1) is 11.3 Å². The molecular weight excluding hydrogens is 398 g/mol. The number of hydrogen-bond acceptors (Lipinski definition) is 3. The molecule has 29 heavy (non-hydrogen) atoms. The van der Waals surface area contributed by atoms with E-state index < -0.39 is 0 Å². The van der Waals surface area contributed by atoms with Crippen molar-refractivity contribution in [3.8, 4) is 0 Å². The van der Waals surface area contributed by atoms with E-state index in [9.17, 15) is 4.79 Å². The highest BCUT2D eigenvalue weighted by atomic mass is 32.1. The molecule has 156 valence electrons. The van der Waals surface area contributed by atoms with Crippen molar-refractivity contribution in [2.75, 3.05) is 6.54 Å². The molecule has 6 heteroatoms. The van der Waals surface area contributed by atoms with E-state index >= 15 is 0 Å². The number of hydrogen-bond donors (Lipinski definition) is 2. The van der Waals surface area contributed by atoms with Gasteiger partial charge in [0.05, 0.1) is 13.1 Å². The Kier molecular flexibility index (Phi) is 8.07. The van der Waals surface area contributed by atoms with E-state index in [1.165, 1.54) is 23.3 Å². The van der Waals surface area contributed by atoms with Gasteiger partial charge in [-0.25, -0.2) is 0 Å². The van der Waals surface area contributed by atoms with Gasteiger partial charge in [-0.05, 0) is 47.5 Å². The van der Waals surface area contributed by atoms with Crippen LogP contribution in [0.2, 0.25) is 0 Å². The lowest BCUT2D eigenvalue weighted by Gasteiger charge is -2.34. The average Bonchev–Trinajstić information content (AvgIpc) is 3.23. The molecule has 3 atom stereocenters. The molecular formula is C23H31N3OS2. The summed E-state index contributed by atoms with van der Waals surface area (Å²) < 4.78 is 0. The van der Waals surface area contributed by atoms with Gasteiger partial charge in [-0.1, -0.05) is 63.1 Å². The number of nitrogens with zero attached hydrogens (tertiary/aromatic N) is 1. The maximum absolute atomic E-state index is 12.5. The Balaban J connectivity index is 1.55. The smallest absolute Gasteiger partial charge is 0.239 e. The number of thiocarbonyl (C=S) groups is 1. The number of carbonyl (C=O) groups excluding carboxylic acids is 1. The van der Waals surface area contributed by atoms with Gasteiger partial charge in [0.25, 0.3) is 0 Å². The Morgan fingerprint density at radius 2 is 1.93 bits per heavy atom. The topological polar surface area (TPSA) is 44.4 Å². The second-order valence-corrected chi connectivity index (χ2v) is 9.44. The molecule has 0 aliphatic heterocycles. The molecule has 1 aliphatic carbocycles. The summed E-state index contributed by atoms with van der Waals surface area (Å²) in [5.74, 6) is 1.21. The van der Waals surface area contributed by atoms with Gasteiger partial charge in [0.1, 0.15) is 0 Å². The fourth-order valence-electron chi connectivity index (χ4n) is 3.91. The van der Waals surface area contributed by atoms with Crippen molar-refractivity contribution in [1.29, 1.82) is 0 Å². The van der Waals surface area contributed by atoms with Gasteiger partial charge in [0, 0.05) is 17.5 Å². The largest absolute Gasteiger partial charge is 0.353 e. The molecule has 0 radical (unpaired) electrons. The number of benzene rings is 1. The number of thiophene rings is 1. The third-order valence-electron chi connectivity index (χ3n) is 5.88. The van der Waals surface area contributed by atoms with E-state index in [1.54, 1.807) is 11.3 Å². The van der Waals surface area contributed by atoms with Crippen LogP contribution in [0.3, 0.4) is 0 Å². The Bertz CT molecular complexity index is 779. The van der Waals surface area contributed by atoms with E-state index in [2.05, 4.69) is 59.0 Å². The fraction of sp³-hybridized carbons (Fsp3) is 0.478. The van der Waals surface area contributed by atoms with E-state index in [1.807, 2.05) is 18.2 Å². The van der Waals surface area contributed by atoms with Crippen molar-refractivity contribution in [2.24, 2.45) is 11.8 Å². The first-order valence-electron chi connectivity index (χ1n) is 10.4. The molecule has 1 fully saturated rings. The number of amides is 1. The summed E-state index contributed by atoms with van der Waals surface area (Å²) >= 11 is 7.37. The second kappa shape index (κ2) is 10.7. The van der Waals surface area contributed by atoms with Crippen LogP contribution in [0.25, 0.3) is 0 Å². The van der Waals surface area contributed by atoms with E-state index in [4.69, 9.17) is 12.2 Å². The van der Waals surface area contributed by atoms with Crippen molar-refractivity contribution in [3.05, 3.63) is 58.3 Å². The molecule has 1 aliphatic rings. The monoisotopic (exact) mass is 429 g/mol. The van der Waals surface area contributed by atoms with Gasteiger partial charge >= 0.3 is 0 Å². The van der Waals surface area contributed by atoms with Crippen LogP contribution >= 0.6 is 23.6 Å². The Hall–Kier alpha value is -1.92. The zero-order valence-corrected chi connectivity index (χ0v) is 18.9. The summed E-state index contributed by atoms with van der Waals surface area (Å²) in [6, 6.07) is 14.7. The van der Waals surface area contributed by atoms with Gasteiger partial charge < -0.3 is 15.5 Å². The van der Waals surface area contributed by atoms with Crippen LogP contribution in [0.5, 0.6) is 0 Å². The van der Waals surface area contributed by atoms with Crippen LogP contribution in [0, 0.1) is 11.8 Å².